The van der Waals surface area contributed by atoms with Gasteiger partial charge < -0.3 is 10.6 Å². The van der Waals surface area contributed by atoms with Crippen LogP contribution in [0.1, 0.15) is 39.0 Å². The lowest BCUT2D eigenvalue weighted by molar-refractivity contribution is -0.130. The summed E-state index contributed by atoms with van der Waals surface area (Å²) in [5.74, 6) is 1.43. The fraction of sp³-hybridized carbons (Fsp3) is 0.611. The highest BCUT2D eigenvalue weighted by atomic mass is 32.2. The van der Waals surface area contributed by atoms with Crippen LogP contribution in [0.25, 0.3) is 0 Å². The largest absolute Gasteiger partial charge is 0.344 e. The number of aromatic nitrogens is 1. The highest BCUT2D eigenvalue weighted by Gasteiger charge is 2.28. The molecule has 1 aliphatic carbocycles. The maximum absolute atomic E-state index is 12.5. The molecular weight excluding hydrogens is 322 g/mol. The number of carbonyl (C=O) groups excluding carboxylic acids is 2. The van der Waals surface area contributed by atoms with Crippen LogP contribution in [-0.4, -0.2) is 34.8 Å². The van der Waals surface area contributed by atoms with Crippen LogP contribution in [-0.2, 0) is 9.59 Å². The SMILES string of the molecule is CSCC[C@H](NC(=O)C1CCC(C)CC1)C(=O)Nc1cccnc1. The Morgan fingerprint density at radius 3 is 2.71 bits per heavy atom. The molecule has 5 nitrogen and oxygen atoms in total. The van der Waals surface area contributed by atoms with Gasteiger partial charge in [0, 0.05) is 12.1 Å². The Morgan fingerprint density at radius 2 is 2.08 bits per heavy atom. The number of nitrogens with one attached hydrogen (secondary N) is 2. The predicted octanol–water partition coefficient (Wildman–Crippen LogP) is 3.08. The molecule has 1 aromatic heterocycles. The molecule has 1 aromatic rings. The molecular formula is C18H27N3O2S. The lowest BCUT2D eigenvalue weighted by Gasteiger charge is -2.27. The highest BCUT2D eigenvalue weighted by Crippen LogP contribution is 2.28. The van der Waals surface area contributed by atoms with Crippen molar-refractivity contribution in [3.05, 3.63) is 24.5 Å². The van der Waals surface area contributed by atoms with E-state index in [9.17, 15) is 9.59 Å². The van der Waals surface area contributed by atoms with Gasteiger partial charge in [0.05, 0.1) is 11.9 Å². The number of rotatable bonds is 7. The Kier molecular flexibility index (Phi) is 7.56. The quantitative estimate of drug-likeness (QED) is 0.793. The third kappa shape index (κ3) is 5.82. The molecule has 0 aromatic carbocycles. The summed E-state index contributed by atoms with van der Waals surface area (Å²) in [6, 6.07) is 3.07. The Labute approximate surface area is 148 Å². The first-order valence-corrected chi connectivity index (χ1v) is 9.99. The van der Waals surface area contributed by atoms with Gasteiger partial charge in [-0.15, -0.1) is 0 Å². The first-order valence-electron chi connectivity index (χ1n) is 8.60. The third-order valence-electron chi connectivity index (χ3n) is 4.56. The maximum Gasteiger partial charge on any atom is 0.247 e. The van der Waals surface area contributed by atoms with Gasteiger partial charge in [-0.1, -0.05) is 6.92 Å². The molecule has 132 valence electrons. The molecule has 0 bridgehead atoms. The van der Waals surface area contributed by atoms with Crippen LogP contribution < -0.4 is 10.6 Å². The van der Waals surface area contributed by atoms with E-state index in [-0.39, 0.29) is 17.7 Å². The molecule has 1 fully saturated rings. The molecule has 0 aliphatic heterocycles. The van der Waals surface area contributed by atoms with Gasteiger partial charge in [-0.3, -0.25) is 14.6 Å². The average molecular weight is 350 g/mol. The maximum atomic E-state index is 12.5. The molecule has 1 heterocycles. The summed E-state index contributed by atoms with van der Waals surface area (Å²) in [6.45, 7) is 2.23. The molecule has 1 saturated carbocycles. The van der Waals surface area contributed by atoms with Gasteiger partial charge in [0.15, 0.2) is 0 Å². The summed E-state index contributed by atoms with van der Waals surface area (Å²) in [4.78, 5) is 29.0. The van der Waals surface area contributed by atoms with Crippen molar-refractivity contribution in [2.45, 2.75) is 45.1 Å². The van der Waals surface area contributed by atoms with Crippen LogP contribution in [0.5, 0.6) is 0 Å². The number of hydrogen-bond donors (Lipinski definition) is 2. The third-order valence-corrected chi connectivity index (χ3v) is 5.20. The molecule has 24 heavy (non-hydrogen) atoms. The van der Waals surface area contributed by atoms with E-state index in [2.05, 4.69) is 22.5 Å². The van der Waals surface area contributed by atoms with Crippen LogP contribution in [0, 0.1) is 11.8 Å². The van der Waals surface area contributed by atoms with E-state index in [1.807, 2.05) is 6.26 Å². The fourth-order valence-electron chi connectivity index (χ4n) is 2.98. The minimum Gasteiger partial charge on any atom is -0.344 e. The molecule has 0 radical (unpaired) electrons. The van der Waals surface area contributed by atoms with Crippen LogP contribution in [0.3, 0.4) is 0 Å². The summed E-state index contributed by atoms with van der Waals surface area (Å²) < 4.78 is 0. The van der Waals surface area contributed by atoms with E-state index in [1.54, 1.807) is 36.3 Å². The van der Waals surface area contributed by atoms with E-state index in [1.165, 1.54) is 0 Å². The highest BCUT2D eigenvalue weighted by molar-refractivity contribution is 7.98. The number of amides is 2. The molecule has 0 spiro atoms. The summed E-state index contributed by atoms with van der Waals surface area (Å²) in [7, 11) is 0. The second-order valence-corrected chi connectivity index (χ2v) is 7.52. The van der Waals surface area contributed by atoms with E-state index in [4.69, 9.17) is 0 Å². The van der Waals surface area contributed by atoms with E-state index in [0.717, 1.165) is 31.4 Å². The number of thioether (sulfide) groups is 1. The molecule has 1 aliphatic rings. The average Bonchev–Trinajstić information content (AvgIpc) is 2.59. The lowest BCUT2D eigenvalue weighted by Crippen LogP contribution is -2.46. The summed E-state index contributed by atoms with van der Waals surface area (Å²) in [5.41, 5.74) is 0.650. The van der Waals surface area contributed by atoms with Crippen molar-refractivity contribution in [2.24, 2.45) is 11.8 Å². The zero-order chi connectivity index (χ0) is 17.4. The number of carbonyl (C=O) groups is 2. The van der Waals surface area contributed by atoms with Crippen molar-refractivity contribution in [3.8, 4) is 0 Å². The minimum atomic E-state index is -0.496. The Balaban J connectivity index is 1.94. The van der Waals surface area contributed by atoms with Crippen LogP contribution in [0.15, 0.2) is 24.5 Å². The molecule has 2 N–H and O–H groups in total. The fourth-order valence-corrected chi connectivity index (χ4v) is 3.45. The normalized spacial score (nSPS) is 21.8. The summed E-state index contributed by atoms with van der Waals surface area (Å²) in [6.07, 6.45) is 9.92. The second-order valence-electron chi connectivity index (χ2n) is 6.53. The predicted molar refractivity (Wildman–Crippen MR) is 98.9 cm³/mol. The second kappa shape index (κ2) is 9.67. The van der Waals surface area contributed by atoms with E-state index < -0.39 is 6.04 Å². The van der Waals surface area contributed by atoms with E-state index >= 15 is 0 Å². The smallest absolute Gasteiger partial charge is 0.247 e. The number of pyridine rings is 1. The van der Waals surface area contributed by atoms with Gasteiger partial charge in [-0.25, -0.2) is 0 Å². The van der Waals surface area contributed by atoms with Crippen LogP contribution >= 0.6 is 11.8 Å². The van der Waals surface area contributed by atoms with Crippen LogP contribution in [0.2, 0.25) is 0 Å². The zero-order valence-corrected chi connectivity index (χ0v) is 15.3. The molecule has 6 heteroatoms. The molecule has 0 unspecified atom stereocenters. The standard InChI is InChI=1S/C18H27N3O2S/c1-13-5-7-14(8-6-13)17(22)21-16(9-11-24-2)18(23)20-15-4-3-10-19-12-15/h3-4,10,12-14,16H,5-9,11H2,1-2H3,(H,20,23)(H,21,22)/t13?,14?,16-/m0/s1. The van der Waals surface area contributed by atoms with Gasteiger partial charge in [-0.2, -0.15) is 11.8 Å². The van der Waals surface area contributed by atoms with Crippen molar-refractivity contribution in [2.75, 3.05) is 17.3 Å². The van der Waals surface area contributed by atoms with Crippen molar-refractivity contribution < 1.29 is 9.59 Å². The summed E-state index contributed by atoms with van der Waals surface area (Å²) in [5, 5.41) is 5.81. The first kappa shape index (κ1) is 18.8. The van der Waals surface area contributed by atoms with Gasteiger partial charge in [0.25, 0.3) is 0 Å². The molecule has 2 amide bonds. The van der Waals surface area contributed by atoms with Crippen molar-refractivity contribution in [3.63, 3.8) is 0 Å². The molecule has 2 rings (SSSR count). The van der Waals surface area contributed by atoms with Crippen LogP contribution in [0.4, 0.5) is 5.69 Å². The monoisotopic (exact) mass is 349 g/mol. The van der Waals surface area contributed by atoms with Crippen molar-refractivity contribution in [1.82, 2.24) is 10.3 Å². The van der Waals surface area contributed by atoms with E-state index in [0.29, 0.717) is 18.0 Å². The van der Waals surface area contributed by atoms with Crippen molar-refractivity contribution in [1.29, 1.82) is 0 Å². The van der Waals surface area contributed by atoms with Gasteiger partial charge in [0.2, 0.25) is 11.8 Å². The summed E-state index contributed by atoms with van der Waals surface area (Å²) >= 11 is 1.67. The molecule has 0 saturated heterocycles. The lowest BCUT2D eigenvalue weighted by atomic mass is 9.82. The Bertz CT molecular complexity index is 530. The van der Waals surface area contributed by atoms with Crippen molar-refractivity contribution >= 4 is 29.3 Å². The Hall–Kier alpha value is -1.56. The number of hydrogen-bond acceptors (Lipinski definition) is 4. The van der Waals surface area contributed by atoms with Gasteiger partial charge in [0.1, 0.15) is 6.04 Å². The van der Waals surface area contributed by atoms with Gasteiger partial charge >= 0.3 is 0 Å². The molecule has 1 atom stereocenters. The number of anilines is 1. The zero-order valence-electron chi connectivity index (χ0n) is 14.5. The topological polar surface area (TPSA) is 71.1 Å². The first-order chi connectivity index (χ1) is 11.6. The number of nitrogens with zero attached hydrogens (tertiary/aromatic N) is 1. The van der Waals surface area contributed by atoms with Gasteiger partial charge in [-0.05, 0) is 62.2 Å². The minimum absolute atomic E-state index is 0.0225. The Morgan fingerprint density at radius 1 is 1.33 bits per heavy atom.